The van der Waals surface area contributed by atoms with E-state index in [9.17, 15) is 4.79 Å². The molecule has 0 saturated carbocycles. The van der Waals surface area contributed by atoms with Gasteiger partial charge in [-0.25, -0.2) is 4.68 Å². The number of hydrogen-bond acceptors (Lipinski definition) is 6. The van der Waals surface area contributed by atoms with Gasteiger partial charge in [0.15, 0.2) is 0 Å². The molecule has 118 valence electrons. The third-order valence-corrected chi connectivity index (χ3v) is 4.20. The lowest BCUT2D eigenvalue weighted by molar-refractivity contribution is -0.115. The molecule has 9 heteroatoms. The van der Waals surface area contributed by atoms with E-state index in [-0.39, 0.29) is 5.91 Å². The highest BCUT2D eigenvalue weighted by molar-refractivity contribution is 8.00. The molecule has 2 aromatic rings. The Morgan fingerprint density at radius 1 is 1.50 bits per heavy atom. The van der Waals surface area contributed by atoms with Gasteiger partial charge in [0.05, 0.1) is 18.0 Å². The number of methoxy groups -OCH3 is 1. The smallest absolute Gasteiger partial charge is 0.237 e. The molecule has 22 heavy (non-hydrogen) atoms. The number of aryl methyl sites for hydroxylation is 1. The van der Waals surface area contributed by atoms with E-state index in [0.29, 0.717) is 27.4 Å². The summed E-state index contributed by atoms with van der Waals surface area (Å²) < 4.78 is 6.54. The highest BCUT2D eigenvalue weighted by atomic mass is 35.5. The molecule has 1 aromatic heterocycles. The summed E-state index contributed by atoms with van der Waals surface area (Å²) >= 11 is 7.15. The summed E-state index contributed by atoms with van der Waals surface area (Å²) in [5.41, 5.74) is 0.512. The first kappa shape index (κ1) is 16.4. The van der Waals surface area contributed by atoms with Gasteiger partial charge in [0.25, 0.3) is 0 Å². The van der Waals surface area contributed by atoms with Crippen LogP contribution in [0.3, 0.4) is 0 Å². The summed E-state index contributed by atoms with van der Waals surface area (Å²) in [6.45, 7) is 3.49. The van der Waals surface area contributed by atoms with E-state index >= 15 is 0 Å². The monoisotopic (exact) mass is 341 g/mol. The molecule has 0 spiro atoms. The average molecular weight is 342 g/mol. The zero-order valence-electron chi connectivity index (χ0n) is 12.3. The Labute approximate surface area is 137 Å². The number of nitrogens with two attached hydrogens (primary N) is 1. The summed E-state index contributed by atoms with van der Waals surface area (Å²) in [6, 6.07) is 5.01. The van der Waals surface area contributed by atoms with Crippen LogP contribution in [0.4, 0.5) is 5.69 Å². The van der Waals surface area contributed by atoms with Crippen LogP contribution < -0.4 is 15.9 Å². The highest BCUT2D eigenvalue weighted by Crippen LogP contribution is 2.29. The Kier molecular flexibility index (Phi) is 5.15. The Bertz CT molecular complexity index is 691. The standard InChI is InChI=1S/C13H16ClN5O2S/c1-7(22-13-18-17-8(2)19(13)15)12(20)16-10-6-9(14)4-5-11(10)21-3/h4-7H,15H2,1-3H3,(H,16,20). The van der Waals surface area contributed by atoms with E-state index in [1.165, 1.54) is 23.5 Å². The fourth-order valence-corrected chi connectivity index (χ4v) is 2.64. The van der Waals surface area contributed by atoms with E-state index in [0.717, 1.165) is 0 Å². The first-order valence-corrected chi connectivity index (χ1v) is 7.66. The SMILES string of the molecule is COc1ccc(Cl)cc1NC(=O)C(C)Sc1nnc(C)n1N. The molecule has 1 atom stereocenters. The molecular formula is C13H16ClN5O2S. The van der Waals surface area contributed by atoms with Crippen molar-refractivity contribution < 1.29 is 9.53 Å². The summed E-state index contributed by atoms with van der Waals surface area (Å²) in [6.07, 6.45) is 0. The molecule has 0 radical (unpaired) electrons. The Hall–Kier alpha value is -1.93. The van der Waals surface area contributed by atoms with Gasteiger partial charge < -0.3 is 15.9 Å². The van der Waals surface area contributed by atoms with Gasteiger partial charge in [0.2, 0.25) is 11.1 Å². The Balaban J connectivity index is 2.08. The van der Waals surface area contributed by atoms with Gasteiger partial charge >= 0.3 is 0 Å². The number of nitrogens with one attached hydrogen (secondary N) is 1. The van der Waals surface area contributed by atoms with Crippen molar-refractivity contribution in [3.63, 3.8) is 0 Å². The number of hydrogen-bond donors (Lipinski definition) is 2. The number of amides is 1. The molecule has 0 bridgehead atoms. The average Bonchev–Trinajstić information content (AvgIpc) is 2.79. The quantitative estimate of drug-likeness (QED) is 0.638. The van der Waals surface area contributed by atoms with Crippen molar-refractivity contribution in [2.75, 3.05) is 18.3 Å². The largest absolute Gasteiger partial charge is 0.495 e. The maximum absolute atomic E-state index is 12.3. The third kappa shape index (κ3) is 3.63. The minimum absolute atomic E-state index is 0.216. The van der Waals surface area contributed by atoms with Gasteiger partial charge in [-0.1, -0.05) is 23.4 Å². The predicted octanol–water partition coefficient (Wildman–Crippen LogP) is 2.08. The fourth-order valence-electron chi connectivity index (χ4n) is 1.65. The lowest BCUT2D eigenvalue weighted by atomic mass is 10.3. The third-order valence-electron chi connectivity index (χ3n) is 2.91. The fraction of sp³-hybridized carbons (Fsp3) is 0.308. The molecule has 0 aliphatic rings. The first-order valence-electron chi connectivity index (χ1n) is 6.40. The summed E-state index contributed by atoms with van der Waals surface area (Å²) in [4.78, 5) is 12.3. The van der Waals surface area contributed by atoms with Crippen LogP contribution in [0.2, 0.25) is 5.02 Å². The molecule has 1 unspecified atom stereocenters. The van der Waals surface area contributed by atoms with E-state index in [1.807, 2.05) is 0 Å². The highest BCUT2D eigenvalue weighted by Gasteiger charge is 2.19. The van der Waals surface area contributed by atoms with Crippen LogP contribution in [0.15, 0.2) is 23.4 Å². The van der Waals surface area contributed by atoms with Crippen LogP contribution in [0.25, 0.3) is 0 Å². The first-order chi connectivity index (χ1) is 10.4. The lowest BCUT2D eigenvalue weighted by Gasteiger charge is -2.14. The number of aromatic nitrogens is 3. The molecule has 0 aliphatic carbocycles. The number of rotatable bonds is 5. The molecule has 3 N–H and O–H groups in total. The molecule has 7 nitrogen and oxygen atoms in total. The zero-order chi connectivity index (χ0) is 16.3. The van der Waals surface area contributed by atoms with Crippen LogP contribution in [-0.4, -0.2) is 33.1 Å². The number of anilines is 1. The summed E-state index contributed by atoms with van der Waals surface area (Å²) in [7, 11) is 1.52. The molecule has 1 aromatic carbocycles. The Morgan fingerprint density at radius 2 is 2.23 bits per heavy atom. The molecule has 1 amide bonds. The maximum Gasteiger partial charge on any atom is 0.237 e. The van der Waals surface area contributed by atoms with Crippen molar-refractivity contribution in [1.82, 2.24) is 14.9 Å². The molecule has 1 heterocycles. The maximum atomic E-state index is 12.3. The van der Waals surface area contributed by atoms with Crippen molar-refractivity contribution in [2.24, 2.45) is 0 Å². The van der Waals surface area contributed by atoms with Crippen molar-refractivity contribution >= 4 is 35.0 Å². The van der Waals surface area contributed by atoms with Crippen LogP contribution >= 0.6 is 23.4 Å². The number of thioether (sulfide) groups is 1. The van der Waals surface area contributed by atoms with E-state index in [4.69, 9.17) is 22.2 Å². The van der Waals surface area contributed by atoms with Crippen molar-refractivity contribution in [3.05, 3.63) is 29.0 Å². The van der Waals surface area contributed by atoms with Crippen LogP contribution in [0, 0.1) is 6.92 Å². The topological polar surface area (TPSA) is 95.1 Å². The molecular weight excluding hydrogens is 326 g/mol. The van der Waals surface area contributed by atoms with Gasteiger partial charge in [0, 0.05) is 5.02 Å². The molecule has 0 fully saturated rings. The second kappa shape index (κ2) is 6.89. The number of halogens is 1. The van der Waals surface area contributed by atoms with Crippen LogP contribution in [0.1, 0.15) is 12.7 Å². The second-order valence-corrected chi connectivity index (χ2v) is 6.24. The minimum atomic E-state index is -0.422. The minimum Gasteiger partial charge on any atom is -0.495 e. The van der Waals surface area contributed by atoms with E-state index in [2.05, 4.69) is 15.5 Å². The molecule has 0 saturated heterocycles. The van der Waals surface area contributed by atoms with Gasteiger partial charge in [-0.3, -0.25) is 4.79 Å². The lowest BCUT2D eigenvalue weighted by Crippen LogP contribution is -2.24. The van der Waals surface area contributed by atoms with Crippen molar-refractivity contribution in [2.45, 2.75) is 24.3 Å². The van der Waals surface area contributed by atoms with E-state index in [1.54, 1.807) is 32.0 Å². The molecule has 2 rings (SSSR count). The number of ether oxygens (including phenoxy) is 1. The van der Waals surface area contributed by atoms with Crippen LogP contribution in [0.5, 0.6) is 5.75 Å². The number of carbonyl (C=O) groups excluding carboxylic acids is 1. The van der Waals surface area contributed by atoms with Gasteiger partial charge in [-0.05, 0) is 32.0 Å². The predicted molar refractivity (Wildman–Crippen MR) is 86.9 cm³/mol. The van der Waals surface area contributed by atoms with Crippen LogP contribution in [-0.2, 0) is 4.79 Å². The van der Waals surface area contributed by atoms with Crippen molar-refractivity contribution in [3.8, 4) is 5.75 Å². The van der Waals surface area contributed by atoms with Crippen molar-refractivity contribution in [1.29, 1.82) is 0 Å². The zero-order valence-corrected chi connectivity index (χ0v) is 13.9. The van der Waals surface area contributed by atoms with Gasteiger partial charge in [0.1, 0.15) is 11.6 Å². The summed E-state index contributed by atoms with van der Waals surface area (Å²) in [5, 5.41) is 11.1. The molecule has 0 aliphatic heterocycles. The number of nitrogen functional groups attached to an aromatic ring is 1. The van der Waals surface area contributed by atoms with Gasteiger partial charge in [-0.2, -0.15) is 0 Å². The normalized spacial score (nSPS) is 12.0. The Morgan fingerprint density at radius 3 is 2.82 bits per heavy atom. The van der Waals surface area contributed by atoms with Gasteiger partial charge in [-0.15, -0.1) is 10.2 Å². The second-order valence-electron chi connectivity index (χ2n) is 4.49. The number of carbonyl (C=O) groups is 1. The number of nitrogens with zero attached hydrogens (tertiary/aromatic N) is 3. The summed E-state index contributed by atoms with van der Waals surface area (Å²) in [5.74, 6) is 6.66. The van der Waals surface area contributed by atoms with E-state index < -0.39 is 5.25 Å². The number of benzene rings is 1.